The highest BCUT2D eigenvalue weighted by Gasteiger charge is 2.20. The zero-order chi connectivity index (χ0) is 26.5. The second-order valence-corrected chi connectivity index (χ2v) is 7.84. The number of nitrogens with one attached hydrogen (secondary N) is 2. The Kier molecular flexibility index (Phi) is 7.57. The first-order valence-electron chi connectivity index (χ1n) is 10.6. The number of nitrogens with zero attached hydrogens (tertiary/aromatic N) is 7. The van der Waals surface area contributed by atoms with Gasteiger partial charge in [0.1, 0.15) is 11.3 Å². The monoisotopic (exact) mass is 529 g/mol. The van der Waals surface area contributed by atoms with E-state index in [4.69, 9.17) is 16.3 Å². The fourth-order valence-corrected chi connectivity index (χ4v) is 3.37. The smallest absolute Gasteiger partial charge is 0.413 e. The van der Waals surface area contributed by atoms with Gasteiger partial charge in [-0.1, -0.05) is 22.9 Å². The highest BCUT2D eigenvalue weighted by molar-refractivity contribution is 6.30. The number of anilines is 2. The van der Waals surface area contributed by atoms with Gasteiger partial charge in [-0.25, -0.2) is 33.2 Å². The number of hydrogen-bond acceptors (Lipinski definition) is 9. The van der Waals surface area contributed by atoms with Crippen molar-refractivity contribution in [2.45, 2.75) is 19.5 Å². The molecule has 0 fully saturated rings. The van der Waals surface area contributed by atoms with Crippen molar-refractivity contribution in [1.29, 1.82) is 0 Å². The molecule has 0 saturated carbocycles. The first-order chi connectivity index (χ1) is 17.7. The molecular weight excluding hydrogens is 512 g/mol. The van der Waals surface area contributed by atoms with E-state index in [1.165, 1.54) is 23.1 Å². The molecule has 0 spiro atoms. The van der Waals surface area contributed by atoms with Crippen LogP contribution in [0.25, 0.3) is 11.4 Å². The fraction of sp³-hybridized carbons (Fsp3) is 0.182. The average Bonchev–Trinajstić information content (AvgIpc) is 3.24. The van der Waals surface area contributed by atoms with Crippen LogP contribution in [0.3, 0.4) is 0 Å². The molecule has 0 aromatic carbocycles. The lowest BCUT2D eigenvalue weighted by molar-refractivity contribution is 0.102. The molecule has 4 rings (SSSR count). The molecule has 15 heteroatoms. The summed E-state index contributed by atoms with van der Waals surface area (Å²) in [5.41, 5.74) is 1.44. The summed E-state index contributed by atoms with van der Waals surface area (Å²) in [6.45, 7) is 1.65. The molecule has 4 aromatic heterocycles. The molecule has 4 aromatic rings. The molecule has 0 aliphatic heterocycles. The lowest BCUT2D eigenvalue weighted by Gasteiger charge is -2.15. The van der Waals surface area contributed by atoms with Gasteiger partial charge in [0.05, 0.1) is 23.1 Å². The van der Waals surface area contributed by atoms with Crippen LogP contribution in [0, 0.1) is 0 Å². The van der Waals surface area contributed by atoms with E-state index >= 15 is 0 Å². The van der Waals surface area contributed by atoms with Crippen molar-refractivity contribution in [1.82, 2.24) is 34.9 Å². The highest BCUT2D eigenvalue weighted by Crippen LogP contribution is 2.27. The Labute approximate surface area is 213 Å². The van der Waals surface area contributed by atoms with E-state index in [0.29, 0.717) is 16.9 Å². The zero-order valence-electron chi connectivity index (χ0n) is 19.3. The van der Waals surface area contributed by atoms with Crippen molar-refractivity contribution in [2.75, 3.05) is 10.6 Å². The van der Waals surface area contributed by atoms with Gasteiger partial charge in [0.15, 0.2) is 17.3 Å². The third-order valence-corrected chi connectivity index (χ3v) is 5.27. The maximum atomic E-state index is 12.6. The average molecular weight is 530 g/mol. The van der Waals surface area contributed by atoms with Crippen molar-refractivity contribution in [3.8, 4) is 11.4 Å². The van der Waals surface area contributed by atoms with Crippen LogP contribution in [0.4, 0.5) is 25.1 Å². The molecule has 0 aliphatic rings. The van der Waals surface area contributed by atoms with Crippen LogP contribution >= 0.6 is 11.6 Å². The van der Waals surface area contributed by atoms with Crippen molar-refractivity contribution >= 4 is 35.1 Å². The number of carbonyl (C=O) groups is 2. The Morgan fingerprint density at radius 2 is 1.81 bits per heavy atom. The number of aryl methyl sites for hydroxylation is 1. The van der Waals surface area contributed by atoms with Crippen LogP contribution in [0.1, 0.15) is 41.2 Å². The number of rotatable bonds is 7. The quantitative estimate of drug-likeness (QED) is 0.335. The molecule has 37 heavy (non-hydrogen) atoms. The number of hydrogen-bond donors (Lipinski definition) is 2. The van der Waals surface area contributed by atoms with Gasteiger partial charge in [-0.05, 0) is 25.1 Å². The summed E-state index contributed by atoms with van der Waals surface area (Å²) in [6, 6.07) is 6.46. The van der Waals surface area contributed by atoms with E-state index in [2.05, 4.69) is 40.9 Å². The molecule has 1 atom stereocenters. The van der Waals surface area contributed by atoms with E-state index in [1.54, 1.807) is 32.2 Å². The standard InChI is InChI=1S/C22H18ClF2N9O3/c1-11(14-4-3-7-26-17(14)23)37-22(36)31-20-16(32-33-34(20)2)15-6-5-13(10-27-15)30-21(35)12-8-28-19(18(24)25)29-9-12/h3-11,18H,1-2H3,(H,30,35)(H,31,36)/t11-/m1/s1. The third-order valence-electron chi connectivity index (χ3n) is 4.95. The normalized spacial score (nSPS) is 11.7. The Bertz CT molecular complexity index is 1420. The van der Waals surface area contributed by atoms with Crippen molar-refractivity contribution in [2.24, 2.45) is 7.05 Å². The Morgan fingerprint density at radius 1 is 1.05 bits per heavy atom. The van der Waals surface area contributed by atoms with Gasteiger partial charge in [-0.2, -0.15) is 0 Å². The van der Waals surface area contributed by atoms with Crippen LogP contribution in [-0.2, 0) is 11.8 Å². The summed E-state index contributed by atoms with van der Waals surface area (Å²) < 4.78 is 31.9. The minimum atomic E-state index is -2.83. The predicted octanol–water partition coefficient (Wildman–Crippen LogP) is 4.22. The number of pyridine rings is 2. The first kappa shape index (κ1) is 25.5. The van der Waals surface area contributed by atoms with Crippen LogP contribution in [0.15, 0.2) is 49.1 Å². The van der Waals surface area contributed by atoms with Crippen LogP contribution in [-0.4, -0.2) is 46.9 Å². The van der Waals surface area contributed by atoms with Gasteiger partial charge in [-0.15, -0.1) is 5.10 Å². The SMILES string of the molecule is C[C@@H](OC(=O)Nc1c(-c2ccc(NC(=O)c3cnc(C(F)F)nc3)cn2)nnn1C)c1cccnc1Cl. The molecular formula is C22H18ClF2N9O3. The summed E-state index contributed by atoms with van der Waals surface area (Å²) in [4.78, 5) is 40.0. The van der Waals surface area contributed by atoms with Crippen molar-refractivity contribution < 1.29 is 23.1 Å². The van der Waals surface area contributed by atoms with Crippen LogP contribution in [0.5, 0.6) is 0 Å². The number of alkyl halides is 2. The first-order valence-corrected chi connectivity index (χ1v) is 11.0. The van der Waals surface area contributed by atoms with E-state index in [9.17, 15) is 18.4 Å². The van der Waals surface area contributed by atoms with Gasteiger partial charge >= 0.3 is 6.09 Å². The summed E-state index contributed by atoms with van der Waals surface area (Å²) in [6.07, 6.45) is 0.602. The molecule has 190 valence electrons. The summed E-state index contributed by atoms with van der Waals surface area (Å²) in [5.74, 6) is -1.06. The largest absolute Gasteiger partial charge is 0.441 e. The van der Waals surface area contributed by atoms with E-state index < -0.39 is 30.4 Å². The van der Waals surface area contributed by atoms with E-state index in [0.717, 1.165) is 12.4 Å². The predicted molar refractivity (Wildman–Crippen MR) is 127 cm³/mol. The number of ether oxygens (including phenoxy) is 1. The summed E-state index contributed by atoms with van der Waals surface area (Å²) in [7, 11) is 1.57. The minimum Gasteiger partial charge on any atom is -0.441 e. The van der Waals surface area contributed by atoms with Crippen molar-refractivity contribution in [3.05, 3.63) is 71.2 Å². The fourth-order valence-electron chi connectivity index (χ4n) is 3.10. The number of amides is 2. The molecule has 12 nitrogen and oxygen atoms in total. The van der Waals surface area contributed by atoms with Gasteiger partial charge in [0.2, 0.25) is 0 Å². The number of carbonyl (C=O) groups excluding carboxylic acids is 2. The van der Waals surface area contributed by atoms with Crippen molar-refractivity contribution in [3.63, 3.8) is 0 Å². The summed E-state index contributed by atoms with van der Waals surface area (Å²) in [5, 5.41) is 13.3. The zero-order valence-corrected chi connectivity index (χ0v) is 20.0. The van der Waals surface area contributed by atoms with E-state index in [1.807, 2.05) is 0 Å². The second-order valence-electron chi connectivity index (χ2n) is 7.48. The lowest BCUT2D eigenvalue weighted by atomic mass is 10.2. The third kappa shape index (κ3) is 5.98. The van der Waals surface area contributed by atoms with Gasteiger partial charge in [-0.3, -0.25) is 15.1 Å². The molecule has 2 amide bonds. The number of aromatic nitrogens is 7. The van der Waals surface area contributed by atoms with Gasteiger partial charge < -0.3 is 10.1 Å². The van der Waals surface area contributed by atoms with E-state index in [-0.39, 0.29) is 22.2 Å². The molecule has 4 heterocycles. The molecule has 0 radical (unpaired) electrons. The highest BCUT2D eigenvalue weighted by atomic mass is 35.5. The summed E-state index contributed by atoms with van der Waals surface area (Å²) >= 11 is 6.06. The molecule has 0 saturated heterocycles. The second kappa shape index (κ2) is 11.0. The maximum Gasteiger partial charge on any atom is 0.413 e. The topological polar surface area (TPSA) is 150 Å². The Morgan fingerprint density at radius 3 is 2.46 bits per heavy atom. The number of halogens is 3. The van der Waals surface area contributed by atoms with Crippen LogP contribution in [0.2, 0.25) is 5.15 Å². The Hall–Kier alpha value is -4.59. The molecule has 0 aliphatic carbocycles. The molecule has 0 unspecified atom stereocenters. The van der Waals surface area contributed by atoms with Crippen LogP contribution < -0.4 is 10.6 Å². The maximum absolute atomic E-state index is 12.6. The van der Waals surface area contributed by atoms with Gasteiger partial charge in [0, 0.05) is 31.2 Å². The molecule has 0 bridgehead atoms. The minimum absolute atomic E-state index is 0.00537. The van der Waals surface area contributed by atoms with Gasteiger partial charge in [0.25, 0.3) is 12.3 Å². The Balaban J connectivity index is 1.43. The molecule has 2 N–H and O–H groups in total. The lowest BCUT2D eigenvalue weighted by Crippen LogP contribution is -2.18.